The number of fused-ring (bicyclic) bond motifs is 1. The first kappa shape index (κ1) is 18.9. The summed E-state index contributed by atoms with van der Waals surface area (Å²) in [4.78, 5) is 4.90. The Morgan fingerprint density at radius 3 is 2.23 bits per heavy atom. The standard InChI is InChI=1S/C14H17N5O4S3/c1-3-18(4-2)26(22,23)11-7-5-10(6-8-11)12-9-19-13(16-12)24-14(17-19)25(15,20)21/h5-9H,3-4H2,1-2H3,(H2,15,20,21). The van der Waals surface area contributed by atoms with Gasteiger partial charge in [-0.2, -0.15) is 4.31 Å². The molecule has 0 spiro atoms. The van der Waals surface area contributed by atoms with Crippen LogP contribution in [0.2, 0.25) is 0 Å². The molecular weight excluding hydrogens is 398 g/mol. The number of imidazole rings is 1. The summed E-state index contributed by atoms with van der Waals surface area (Å²) >= 11 is 0.862. The maximum absolute atomic E-state index is 12.5. The monoisotopic (exact) mass is 415 g/mol. The molecule has 26 heavy (non-hydrogen) atoms. The average Bonchev–Trinajstić information content (AvgIpc) is 3.14. The van der Waals surface area contributed by atoms with Crippen LogP contribution in [0.3, 0.4) is 0 Å². The van der Waals surface area contributed by atoms with Crippen LogP contribution in [0.25, 0.3) is 16.2 Å². The lowest BCUT2D eigenvalue weighted by Crippen LogP contribution is -2.30. The van der Waals surface area contributed by atoms with Gasteiger partial charge >= 0.3 is 0 Å². The zero-order valence-electron chi connectivity index (χ0n) is 14.0. The Balaban J connectivity index is 1.94. The number of benzene rings is 1. The van der Waals surface area contributed by atoms with Crippen LogP contribution >= 0.6 is 11.3 Å². The number of hydrogen-bond donors (Lipinski definition) is 1. The van der Waals surface area contributed by atoms with E-state index in [2.05, 4.69) is 10.1 Å². The number of primary sulfonamides is 1. The lowest BCUT2D eigenvalue weighted by atomic mass is 10.2. The molecule has 140 valence electrons. The number of hydrogen-bond acceptors (Lipinski definition) is 7. The van der Waals surface area contributed by atoms with E-state index in [1.807, 2.05) is 0 Å². The largest absolute Gasteiger partial charge is 0.267 e. The van der Waals surface area contributed by atoms with Gasteiger partial charge in [0, 0.05) is 18.7 Å². The number of aromatic nitrogens is 3. The molecule has 3 aromatic rings. The van der Waals surface area contributed by atoms with E-state index in [9.17, 15) is 16.8 Å². The molecule has 0 amide bonds. The molecule has 12 heteroatoms. The topological polar surface area (TPSA) is 128 Å². The van der Waals surface area contributed by atoms with E-state index in [0.717, 1.165) is 11.3 Å². The van der Waals surface area contributed by atoms with E-state index < -0.39 is 20.0 Å². The van der Waals surface area contributed by atoms with E-state index in [-0.39, 0.29) is 9.24 Å². The Morgan fingerprint density at radius 2 is 1.73 bits per heavy atom. The molecule has 1 aromatic carbocycles. The Hall–Kier alpha value is -1.86. The van der Waals surface area contributed by atoms with Gasteiger partial charge in [-0.1, -0.05) is 37.3 Å². The van der Waals surface area contributed by atoms with Crippen molar-refractivity contribution in [3.8, 4) is 11.3 Å². The van der Waals surface area contributed by atoms with Crippen LogP contribution in [0.4, 0.5) is 0 Å². The normalized spacial score (nSPS) is 12.9. The van der Waals surface area contributed by atoms with Crippen molar-refractivity contribution in [2.24, 2.45) is 5.14 Å². The summed E-state index contributed by atoms with van der Waals surface area (Å²) in [6.07, 6.45) is 1.56. The Morgan fingerprint density at radius 1 is 1.12 bits per heavy atom. The van der Waals surface area contributed by atoms with E-state index in [1.54, 1.807) is 32.2 Å². The molecule has 0 aliphatic rings. The van der Waals surface area contributed by atoms with Gasteiger partial charge in [0.15, 0.2) is 0 Å². The lowest BCUT2D eigenvalue weighted by Gasteiger charge is -2.18. The second-order valence-electron chi connectivity index (χ2n) is 5.38. The van der Waals surface area contributed by atoms with Crippen LogP contribution in [0.5, 0.6) is 0 Å². The molecule has 0 bridgehead atoms. The van der Waals surface area contributed by atoms with Gasteiger partial charge in [-0.3, -0.25) is 0 Å². The first-order valence-electron chi connectivity index (χ1n) is 7.66. The molecule has 0 fully saturated rings. The molecule has 9 nitrogen and oxygen atoms in total. The maximum atomic E-state index is 12.5. The maximum Gasteiger partial charge on any atom is 0.267 e. The minimum Gasteiger partial charge on any atom is -0.223 e. The van der Waals surface area contributed by atoms with Gasteiger partial charge in [-0.25, -0.2) is 31.5 Å². The van der Waals surface area contributed by atoms with Gasteiger partial charge in [0.05, 0.1) is 16.8 Å². The highest BCUT2D eigenvalue weighted by Crippen LogP contribution is 2.25. The van der Waals surface area contributed by atoms with Crippen LogP contribution in [0, 0.1) is 0 Å². The summed E-state index contributed by atoms with van der Waals surface area (Å²) in [7, 11) is -7.39. The predicted molar refractivity (Wildman–Crippen MR) is 97.8 cm³/mol. The van der Waals surface area contributed by atoms with Gasteiger partial charge in [0.1, 0.15) is 0 Å². The van der Waals surface area contributed by atoms with Crippen LogP contribution in [-0.2, 0) is 20.0 Å². The van der Waals surface area contributed by atoms with Gasteiger partial charge in [-0.05, 0) is 12.1 Å². The average molecular weight is 416 g/mol. The van der Waals surface area contributed by atoms with E-state index >= 15 is 0 Å². The zero-order valence-corrected chi connectivity index (χ0v) is 16.5. The van der Waals surface area contributed by atoms with Gasteiger partial charge < -0.3 is 0 Å². The molecule has 0 radical (unpaired) electrons. The fraction of sp³-hybridized carbons (Fsp3) is 0.286. The van der Waals surface area contributed by atoms with Crippen molar-refractivity contribution in [2.75, 3.05) is 13.1 Å². The molecule has 0 saturated carbocycles. The third-order valence-electron chi connectivity index (χ3n) is 3.76. The van der Waals surface area contributed by atoms with Crippen LogP contribution < -0.4 is 5.14 Å². The third kappa shape index (κ3) is 3.38. The van der Waals surface area contributed by atoms with Gasteiger partial charge in [-0.15, -0.1) is 5.10 Å². The zero-order chi connectivity index (χ0) is 19.1. The fourth-order valence-corrected chi connectivity index (χ4v) is 5.41. The Labute approximate surface area is 155 Å². The van der Waals surface area contributed by atoms with Crippen molar-refractivity contribution >= 4 is 36.3 Å². The quantitative estimate of drug-likeness (QED) is 0.643. The van der Waals surface area contributed by atoms with Crippen LogP contribution in [0.1, 0.15) is 13.8 Å². The molecule has 2 heterocycles. The molecule has 0 unspecified atom stereocenters. The summed E-state index contributed by atoms with van der Waals surface area (Å²) in [5.41, 5.74) is 1.25. The lowest BCUT2D eigenvalue weighted by molar-refractivity contribution is 0.445. The van der Waals surface area contributed by atoms with Gasteiger partial charge in [0.25, 0.3) is 10.0 Å². The molecule has 0 aliphatic carbocycles. The predicted octanol–water partition coefficient (Wildman–Crippen LogP) is 1.14. The second-order valence-corrected chi connectivity index (χ2v) is 10.0. The van der Waals surface area contributed by atoms with E-state index in [4.69, 9.17) is 5.14 Å². The molecule has 3 rings (SSSR count). The summed E-state index contributed by atoms with van der Waals surface area (Å²) in [5.74, 6) is 0. The fourth-order valence-electron chi connectivity index (χ4n) is 2.45. The van der Waals surface area contributed by atoms with Crippen LogP contribution in [-0.4, -0.2) is 48.8 Å². The van der Waals surface area contributed by atoms with Crippen LogP contribution in [0.15, 0.2) is 39.7 Å². The molecule has 0 atom stereocenters. The molecule has 0 aliphatic heterocycles. The third-order valence-corrected chi connectivity index (χ3v) is 8.06. The summed E-state index contributed by atoms with van der Waals surface area (Å²) in [6, 6.07) is 6.37. The van der Waals surface area contributed by atoms with Crippen molar-refractivity contribution in [1.82, 2.24) is 18.9 Å². The second kappa shape index (κ2) is 6.70. The van der Waals surface area contributed by atoms with E-state index in [1.165, 1.54) is 21.0 Å². The number of rotatable bonds is 6. The summed E-state index contributed by atoms with van der Waals surface area (Å²) in [5, 5.41) is 8.94. The number of nitrogens with zero attached hydrogens (tertiary/aromatic N) is 4. The van der Waals surface area contributed by atoms with Crippen molar-refractivity contribution in [1.29, 1.82) is 0 Å². The Kier molecular flexibility index (Phi) is 4.88. The summed E-state index contributed by atoms with van der Waals surface area (Å²) in [6.45, 7) is 4.37. The highest BCUT2D eigenvalue weighted by atomic mass is 32.2. The van der Waals surface area contributed by atoms with Crippen molar-refractivity contribution in [2.45, 2.75) is 23.1 Å². The minimum absolute atomic E-state index is 0.209. The molecular formula is C14H17N5O4S3. The minimum atomic E-state index is -3.87. The van der Waals surface area contributed by atoms with Crippen molar-refractivity contribution < 1.29 is 16.8 Å². The highest BCUT2D eigenvalue weighted by Gasteiger charge is 2.22. The van der Waals surface area contributed by atoms with Crippen molar-refractivity contribution in [3.63, 3.8) is 0 Å². The highest BCUT2D eigenvalue weighted by molar-refractivity contribution is 7.91. The smallest absolute Gasteiger partial charge is 0.223 e. The first-order chi connectivity index (χ1) is 12.2. The van der Waals surface area contributed by atoms with Crippen molar-refractivity contribution in [3.05, 3.63) is 30.5 Å². The Bertz CT molecular complexity index is 1110. The number of nitrogens with two attached hydrogens (primary N) is 1. The van der Waals surface area contributed by atoms with E-state index in [0.29, 0.717) is 29.3 Å². The first-order valence-corrected chi connectivity index (χ1v) is 11.5. The summed E-state index contributed by atoms with van der Waals surface area (Å²) < 4.78 is 50.1. The molecule has 0 saturated heterocycles. The molecule has 2 N–H and O–H groups in total. The number of sulfonamides is 2. The van der Waals surface area contributed by atoms with Gasteiger partial charge in [0.2, 0.25) is 19.3 Å². The SMILES string of the molecule is CCN(CC)S(=O)(=O)c1ccc(-c2cn3nc(S(N)(=O)=O)sc3n2)cc1. The molecule has 2 aromatic heterocycles.